The molecule has 0 bridgehead atoms. The average Bonchev–Trinajstić information content (AvgIpc) is 2.46. The molecule has 13 heavy (non-hydrogen) atoms. The van der Waals surface area contributed by atoms with Crippen LogP contribution in [-0.4, -0.2) is 6.61 Å². The van der Waals surface area contributed by atoms with E-state index in [4.69, 9.17) is 16.3 Å². The van der Waals surface area contributed by atoms with Crippen molar-refractivity contribution < 1.29 is 4.74 Å². The van der Waals surface area contributed by atoms with E-state index in [0.29, 0.717) is 11.8 Å². The zero-order chi connectivity index (χ0) is 9.42. The summed E-state index contributed by atoms with van der Waals surface area (Å²) in [5.74, 6) is 2.13. The molecular formula is C11H13ClO. The Bertz CT molecular complexity index is 320. The Morgan fingerprint density at radius 1 is 1.46 bits per heavy atom. The molecule has 0 amide bonds. The average molecular weight is 197 g/mol. The molecule has 0 N–H and O–H groups in total. The molecule has 1 aromatic carbocycles. The van der Waals surface area contributed by atoms with E-state index >= 15 is 0 Å². The number of hydrogen-bond donors (Lipinski definition) is 0. The van der Waals surface area contributed by atoms with Crippen LogP contribution in [0.2, 0.25) is 5.02 Å². The minimum Gasteiger partial charge on any atom is -0.493 e. The van der Waals surface area contributed by atoms with Crippen LogP contribution in [0.25, 0.3) is 0 Å². The summed E-state index contributed by atoms with van der Waals surface area (Å²) in [6.45, 7) is 5.24. The van der Waals surface area contributed by atoms with Gasteiger partial charge in [-0.25, -0.2) is 0 Å². The zero-order valence-corrected chi connectivity index (χ0v) is 8.64. The Morgan fingerprint density at radius 2 is 2.23 bits per heavy atom. The Labute approximate surface area is 83.7 Å². The van der Waals surface area contributed by atoms with Gasteiger partial charge in [-0.05, 0) is 18.1 Å². The molecule has 2 heteroatoms. The van der Waals surface area contributed by atoms with Crippen LogP contribution in [0.4, 0.5) is 0 Å². The summed E-state index contributed by atoms with van der Waals surface area (Å²) >= 11 is 5.87. The first kappa shape index (κ1) is 8.89. The molecule has 0 fully saturated rings. The lowest BCUT2D eigenvalue weighted by atomic mass is 9.90. The first-order valence-electron chi connectivity index (χ1n) is 4.60. The summed E-state index contributed by atoms with van der Waals surface area (Å²) in [4.78, 5) is 0. The van der Waals surface area contributed by atoms with Gasteiger partial charge in [0.2, 0.25) is 0 Å². The van der Waals surface area contributed by atoms with Gasteiger partial charge >= 0.3 is 0 Å². The number of ether oxygens (including phenoxy) is 1. The lowest BCUT2D eigenvalue weighted by molar-refractivity contribution is 0.304. The highest BCUT2D eigenvalue weighted by Gasteiger charge is 2.26. The fourth-order valence-corrected chi connectivity index (χ4v) is 1.92. The van der Waals surface area contributed by atoms with E-state index < -0.39 is 0 Å². The van der Waals surface area contributed by atoms with E-state index in [9.17, 15) is 0 Å². The van der Waals surface area contributed by atoms with E-state index in [2.05, 4.69) is 19.9 Å². The van der Waals surface area contributed by atoms with Gasteiger partial charge < -0.3 is 4.74 Å². The highest BCUT2D eigenvalue weighted by molar-refractivity contribution is 6.30. The van der Waals surface area contributed by atoms with Crippen LogP contribution in [0.15, 0.2) is 18.2 Å². The zero-order valence-electron chi connectivity index (χ0n) is 7.88. The van der Waals surface area contributed by atoms with E-state index in [0.717, 1.165) is 17.4 Å². The van der Waals surface area contributed by atoms with Crippen molar-refractivity contribution in [2.24, 2.45) is 5.92 Å². The molecule has 1 atom stereocenters. The molecule has 0 aliphatic carbocycles. The number of rotatable bonds is 1. The van der Waals surface area contributed by atoms with E-state index in [1.54, 1.807) is 0 Å². The Kier molecular flexibility index (Phi) is 2.20. The van der Waals surface area contributed by atoms with Crippen molar-refractivity contribution in [2.75, 3.05) is 6.61 Å². The third kappa shape index (κ3) is 1.53. The highest BCUT2D eigenvalue weighted by Crippen LogP contribution is 2.39. The molecule has 0 saturated heterocycles. The van der Waals surface area contributed by atoms with Gasteiger partial charge in [-0.2, -0.15) is 0 Å². The molecule has 70 valence electrons. The van der Waals surface area contributed by atoms with Crippen LogP contribution in [0.3, 0.4) is 0 Å². The predicted molar refractivity (Wildman–Crippen MR) is 54.5 cm³/mol. The Hall–Kier alpha value is -0.690. The summed E-state index contributed by atoms with van der Waals surface area (Å²) < 4.78 is 5.57. The SMILES string of the molecule is CC(C)C1COc2cc(Cl)ccc21. The quantitative estimate of drug-likeness (QED) is 0.669. The Morgan fingerprint density at radius 3 is 2.92 bits per heavy atom. The van der Waals surface area contributed by atoms with Crippen molar-refractivity contribution in [3.63, 3.8) is 0 Å². The molecule has 1 aromatic rings. The van der Waals surface area contributed by atoms with Gasteiger partial charge in [0.1, 0.15) is 5.75 Å². The van der Waals surface area contributed by atoms with Crippen LogP contribution >= 0.6 is 11.6 Å². The van der Waals surface area contributed by atoms with Gasteiger partial charge in [0, 0.05) is 16.5 Å². The third-order valence-electron chi connectivity index (χ3n) is 2.60. The number of fused-ring (bicyclic) bond motifs is 1. The second kappa shape index (κ2) is 3.22. The van der Waals surface area contributed by atoms with Crippen molar-refractivity contribution in [3.8, 4) is 5.75 Å². The van der Waals surface area contributed by atoms with Gasteiger partial charge in [0.15, 0.2) is 0 Å². The van der Waals surface area contributed by atoms with Crippen LogP contribution in [0.5, 0.6) is 5.75 Å². The van der Waals surface area contributed by atoms with Crippen molar-refractivity contribution >= 4 is 11.6 Å². The van der Waals surface area contributed by atoms with E-state index in [1.807, 2.05) is 12.1 Å². The second-order valence-corrected chi connectivity index (χ2v) is 4.28. The monoisotopic (exact) mass is 196 g/mol. The van der Waals surface area contributed by atoms with E-state index in [1.165, 1.54) is 5.56 Å². The summed E-state index contributed by atoms with van der Waals surface area (Å²) in [5.41, 5.74) is 1.31. The topological polar surface area (TPSA) is 9.23 Å². The van der Waals surface area contributed by atoms with Gasteiger partial charge in [-0.3, -0.25) is 0 Å². The fraction of sp³-hybridized carbons (Fsp3) is 0.455. The van der Waals surface area contributed by atoms with E-state index in [-0.39, 0.29) is 0 Å². The second-order valence-electron chi connectivity index (χ2n) is 3.84. The first-order valence-corrected chi connectivity index (χ1v) is 4.98. The first-order chi connectivity index (χ1) is 6.18. The normalized spacial score (nSPS) is 20.2. The molecule has 1 unspecified atom stereocenters. The van der Waals surface area contributed by atoms with Crippen molar-refractivity contribution in [3.05, 3.63) is 28.8 Å². The maximum absolute atomic E-state index is 5.87. The summed E-state index contributed by atoms with van der Waals surface area (Å²) in [6, 6.07) is 5.92. The van der Waals surface area contributed by atoms with Crippen LogP contribution < -0.4 is 4.74 Å². The summed E-state index contributed by atoms with van der Waals surface area (Å²) in [7, 11) is 0. The Balaban J connectivity index is 2.38. The summed E-state index contributed by atoms with van der Waals surface area (Å²) in [5, 5.41) is 0.753. The molecule has 0 radical (unpaired) electrons. The lowest BCUT2D eigenvalue weighted by Crippen LogP contribution is -2.07. The van der Waals surface area contributed by atoms with Gasteiger partial charge in [0.25, 0.3) is 0 Å². The molecule has 0 spiro atoms. The van der Waals surface area contributed by atoms with Crippen molar-refractivity contribution in [2.45, 2.75) is 19.8 Å². The summed E-state index contributed by atoms with van der Waals surface area (Å²) in [6.07, 6.45) is 0. The van der Waals surface area contributed by atoms with Gasteiger partial charge in [0.05, 0.1) is 6.61 Å². The molecular weight excluding hydrogens is 184 g/mol. The maximum atomic E-state index is 5.87. The third-order valence-corrected chi connectivity index (χ3v) is 2.83. The largest absolute Gasteiger partial charge is 0.493 e. The number of benzene rings is 1. The number of halogens is 1. The molecule has 2 rings (SSSR count). The van der Waals surface area contributed by atoms with Crippen LogP contribution in [0.1, 0.15) is 25.3 Å². The number of hydrogen-bond acceptors (Lipinski definition) is 1. The minimum absolute atomic E-state index is 0.535. The molecule has 1 heterocycles. The predicted octanol–water partition coefficient (Wildman–Crippen LogP) is 3.47. The highest BCUT2D eigenvalue weighted by atomic mass is 35.5. The molecule has 1 aliphatic rings. The van der Waals surface area contributed by atoms with Crippen LogP contribution in [-0.2, 0) is 0 Å². The molecule has 0 aromatic heterocycles. The molecule has 0 saturated carbocycles. The fourth-order valence-electron chi connectivity index (χ4n) is 1.76. The van der Waals surface area contributed by atoms with Crippen LogP contribution in [0, 0.1) is 5.92 Å². The van der Waals surface area contributed by atoms with Crippen molar-refractivity contribution in [1.82, 2.24) is 0 Å². The van der Waals surface area contributed by atoms with Crippen molar-refractivity contribution in [1.29, 1.82) is 0 Å². The minimum atomic E-state index is 0.535. The van der Waals surface area contributed by atoms with Gasteiger partial charge in [-0.15, -0.1) is 0 Å². The van der Waals surface area contributed by atoms with Gasteiger partial charge in [-0.1, -0.05) is 31.5 Å². The standard InChI is InChI=1S/C11H13ClO/c1-7(2)10-6-13-11-5-8(12)3-4-9(10)11/h3-5,7,10H,6H2,1-2H3. The molecule has 1 aliphatic heterocycles. The smallest absolute Gasteiger partial charge is 0.124 e. The molecule has 1 nitrogen and oxygen atoms in total. The lowest BCUT2D eigenvalue weighted by Gasteiger charge is -2.12. The maximum Gasteiger partial charge on any atom is 0.124 e.